The van der Waals surface area contributed by atoms with E-state index in [0.717, 1.165) is 17.1 Å². The molecular weight excluding hydrogens is 336 g/mol. The Morgan fingerprint density at radius 3 is 2.76 bits per heavy atom. The molecule has 0 saturated carbocycles. The van der Waals surface area contributed by atoms with E-state index in [1.807, 2.05) is 49.4 Å². The summed E-state index contributed by atoms with van der Waals surface area (Å²) in [6.45, 7) is 2.96. The summed E-state index contributed by atoms with van der Waals surface area (Å²) in [5, 5.41) is 8.38. The Labute approximate surface area is 149 Å². The molecule has 7 heteroatoms. The van der Waals surface area contributed by atoms with Gasteiger partial charge in [0, 0.05) is 17.3 Å². The molecule has 2 heterocycles. The molecule has 2 aromatic heterocycles. The second kappa shape index (κ2) is 8.25. The van der Waals surface area contributed by atoms with Gasteiger partial charge in [-0.25, -0.2) is 4.98 Å². The zero-order valence-corrected chi connectivity index (χ0v) is 14.5. The molecule has 2 N–H and O–H groups in total. The molecule has 0 aliphatic carbocycles. The highest BCUT2D eigenvalue weighted by Crippen LogP contribution is 2.23. The van der Waals surface area contributed by atoms with Crippen LogP contribution in [0.1, 0.15) is 23.1 Å². The summed E-state index contributed by atoms with van der Waals surface area (Å²) in [5.74, 6) is 0.600. The minimum Gasteiger partial charge on any atom is -0.494 e. The number of aromatic nitrogens is 2. The molecule has 0 unspecified atom stereocenters. The number of thiazole rings is 1. The average Bonchev–Trinajstić information content (AvgIpc) is 3.11. The molecule has 128 valence electrons. The van der Waals surface area contributed by atoms with Crippen LogP contribution in [-0.4, -0.2) is 22.5 Å². The van der Waals surface area contributed by atoms with Crippen LogP contribution >= 0.6 is 11.3 Å². The third kappa shape index (κ3) is 4.77. The van der Waals surface area contributed by atoms with E-state index in [9.17, 15) is 4.79 Å². The Kier molecular flexibility index (Phi) is 5.58. The highest BCUT2D eigenvalue weighted by atomic mass is 32.1. The predicted molar refractivity (Wildman–Crippen MR) is 98.4 cm³/mol. The number of anilines is 2. The SMILES string of the molecule is CCOc1ccc(Nc2nc(C(=O)NCc3ccccn3)cs2)cc1. The Balaban J connectivity index is 1.57. The lowest BCUT2D eigenvalue weighted by Crippen LogP contribution is -2.23. The highest BCUT2D eigenvalue weighted by Gasteiger charge is 2.11. The maximum atomic E-state index is 12.2. The van der Waals surface area contributed by atoms with Gasteiger partial charge in [0.05, 0.1) is 18.8 Å². The van der Waals surface area contributed by atoms with Crippen molar-refractivity contribution in [2.45, 2.75) is 13.5 Å². The van der Waals surface area contributed by atoms with Gasteiger partial charge in [-0.1, -0.05) is 6.07 Å². The van der Waals surface area contributed by atoms with E-state index in [4.69, 9.17) is 4.74 Å². The molecule has 1 aromatic carbocycles. The Morgan fingerprint density at radius 1 is 1.20 bits per heavy atom. The van der Waals surface area contributed by atoms with Crippen molar-refractivity contribution >= 4 is 28.1 Å². The standard InChI is InChI=1S/C18H18N4O2S/c1-2-24-15-8-6-13(7-9-15)21-18-22-16(12-25-18)17(23)20-11-14-5-3-4-10-19-14/h3-10,12H,2,11H2,1H3,(H,20,23)(H,21,22). The number of ether oxygens (including phenoxy) is 1. The van der Waals surface area contributed by atoms with Crippen molar-refractivity contribution in [1.82, 2.24) is 15.3 Å². The van der Waals surface area contributed by atoms with Crippen LogP contribution in [0, 0.1) is 0 Å². The van der Waals surface area contributed by atoms with Gasteiger partial charge in [-0.05, 0) is 43.3 Å². The highest BCUT2D eigenvalue weighted by molar-refractivity contribution is 7.14. The van der Waals surface area contributed by atoms with E-state index in [-0.39, 0.29) is 5.91 Å². The van der Waals surface area contributed by atoms with Crippen molar-refractivity contribution in [2.24, 2.45) is 0 Å². The molecule has 0 aliphatic rings. The molecule has 0 aliphatic heterocycles. The average molecular weight is 354 g/mol. The van der Waals surface area contributed by atoms with E-state index < -0.39 is 0 Å². The quantitative estimate of drug-likeness (QED) is 0.678. The summed E-state index contributed by atoms with van der Waals surface area (Å²) in [6.07, 6.45) is 1.70. The van der Waals surface area contributed by atoms with Crippen molar-refractivity contribution in [1.29, 1.82) is 0 Å². The molecule has 0 atom stereocenters. The second-order valence-electron chi connectivity index (χ2n) is 5.12. The fourth-order valence-corrected chi connectivity index (χ4v) is 2.84. The molecule has 3 rings (SSSR count). The first-order chi connectivity index (χ1) is 12.2. The maximum absolute atomic E-state index is 12.2. The number of carbonyl (C=O) groups excluding carboxylic acids is 1. The molecular formula is C18H18N4O2S. The summed E-state index contributed by atoms with van der Waals surface area (Å²) in [6, 6.07) is 13.2. The largest absolute Gasteiger partial charge is 0.494 e. The van der Waals surface area contributed by atoms with Gasteiger partial charge in [0.15, 0.2) is 5.13 Å². The van der Waals surface area contributed by atoms with Crippen LogP contribution in [0.25, 0.3) is 0 Å². The van der Waals surface area contributed by atoms with E-state index in [2.05, 4.69) is 20.6 Å². The van der Waals surface area contributed by atoms with Crippen molar-refractivity contribution in [3.05, 3.63) is 65.4 Å². The topological polar surface area (TPSA) is 76.1 Å². The van der Waals surface area contributed by atoms with Crippen LogP contribution in [0.3, 0.4) is 0 Å². The van der Waals surface area contributed by atoms with Gasteiger partial charge in [0.25, 0.3) is 5.91 Å². The zero-order valence-electron chi connectivity index (χ0n) is 13.7. The van der Waals surface area contributed by atoms with Gasteiger partial charge >= 0.3 is 0 Å². The molecule has 0 fully saturated rings. The number of hydrogen-bond acceptors (Lipinski definition) is 6. The number of pyridine rings is 1. The van der Waals surface area contributed by atoms with E-state index >= 15 is 0 Å². The number of hydrogen-bond donors (Lipinski definition) is 2. The van der Waals surface area contributed by atoms with Crippen molar-refractivity contribution in [3.63, 3.8) is 0 Å². The van der Waals surface area contributed by atoms with Crippen LogP contribution in [0.5, 0.6) is 5.75 Å². The summed E-state index contributed by atoms with van der Waals surface area (Å²) < 4.78 is 5.41. The van der Waals surface area contributed by atoms with E-state index in [0.29, 0.717) is 24.0 Å². The lowest BCUT2D eigenvalue weighted by molar-refractivity contribution is 0.0946. The summed E-state index contributed by atoms with van der Waals surface area (Å²) in [7, 11) is 0. The van der Waals surface area contributed by atoms with E-state index in [1.165, 1.54) is 11.3 Å². The Bertz CT molecular complexity index is 819. The molecule has 3 aromatic rings. The first kappa shape index (κ1) is 16.9. The third-order valence-electron chi connectivity index (χ3n) is 3.31. The second-order valence-corrected chi connectivity index (χ2v) is 5.98. The lowest BCUT2D eigenvalue weighted by Gasteiger charge is -2.05. The lowest BCUT2D eigenvalue weighted by atomic mass is 10.3. The molecule has 25 heavy (non-hydrogen) atoms. The van der Waals surface area contributed by atoms with Gasteiger partial charge in [-0.2, -0.15) is 0 Å². The first-order valence-electron chi connectivity index (χ1n) is 7.88. The number of amides is 1. The molecule has 6 nitrogen and oxygen atoms in total. The summed E-state index contributed by atoms with van der Waals surface area (Å²) in [4.78, 5) is 20.7. The van der Waals surface area contributed by atoms with Crippen LogP contribution in [0.4, 0.5) is 10.8 Å². The molecule has 1 amide bonds. The van der Waals surface area contributed by atoms with Crippen LogP contribution in [-0.2, 0) is 6.54 Å². The van der Waals surface area contributed by atoms with Crippen LogP contribution < -0.4 is 15.4 Å². The molecule has 0 bridgehead atoms. The minimum absolute atomic E-state index is 0.221. The summed E-state index contributed by atoms with van der Waals surface area (Å²) in [5.41, 5.74) is 2.08. The normalized spacial score (nSPS) is 10.3. The number of nitrogens with zero attached hydrogens (tertiary/aromatic N) is 2. The maximum Gasteiger partial charge on any atom is 0.271 e. The zero-order chi connectivity index (χ0) is 17.5. The molecule has 0 radical (unpaired) electrons. The van der Waals surface area contributed by atoms with Crippen molar-refractivity contribution in [2.75, 3.05) is 11.9 Å². The first-order valence-corrected chi connectivity index (χ1v) is 8.76. The minimum atomic E-state index is -0.221. The monoisotopic (exact) mass is 354 g/mol. The Morgan fingerprint density at radius 2 is 2.04 bits per heavy atom. The fraction of sp³-hybridized carbons (Fsp3) is 0.167. The number of rotatable bonds is 7. The van der Waals surface area contributed by atoms with Gasteiger partial charge in [-0.15, -0.1) is 11.3 Å². The number of nitrogens with one attached hydrogen (secondary N) is 2. The van der Waals surface area contributed by atoms with Crippen LogP contribution in [0.2, 0.25) is 0 Å². The summed E-state index contributed by atoms with van der Waals surface area (Å²) >= 11 is 1.38. The third-order valence-corrected chi connectivity index (χ3v) is 4.07. The van der Waals surface area contributed by atoms with Crippen molar-refractivity contribution in [3.8, 4) is 5.75 Å². The van der Waals surface area contributed by atoms with Crippen molar-refractivity contribution < 1.29 is 9.53 Å². The molecule has 0 saturated heterocycles. The smallest absolute Gasteiger partial charge is 0.271 e. The fourth-order valence-electron chi connectivity index (χ4n) is 2.12. The Hall–Kier alpha value is -2.93. The predicted octanol–water partition coefficient (Wildman–Crippen LogP) is 3.61. The van der Waals surface area contributed by atoms with Gasteiger partial charge in [0.1, 0.15) is 11.4 Å². The van der Waals surface area contributed by atoms with Gasteiger partial charge < -0.3 is 15.4 Å². The van der Waals surface area contributed by atoms with Crippen LogP contribution in [0.15, 0.2) is 54.0 Å². The molecule has 0 spiro atoms. The van der Waals surface area contributed by atoms with Gasteiger partial charge in [-0.3, -0.25) is 9.78 Å². The number of benzene rings is 1. The van der Waals surface area contributed by atoms with Gasteiger partial charge in [0.2, 0.25) is 0 Å². The van der Waals surface area contributed by atoms with E-state index in [1.54, 1.807) is 11.6 Å². The number of carbonyl (C=O) groups is 1.